The number of carbonyl (C=O) groups excluding carboxylic acids is 2. The fourth-order valence-electron chi connectivity index (χ4n) is 0.339. The van der Waals surface area contributed by atoms with Gasteiger partial charge < -0.3 is 5.32 Å². The van der Waals surface area contributed by atoms with Gasteiger partial charge in [-0.2, -0.15) is 0 Å². The van der Waals surface area contributed by atoms with Crippen molar-refractivity contribution in [2.24, 2.45) is 5.92 Å². The molecule has 0 fully saturated rings. The van der Waals surface area contributed by atoms with Crippen molar-refractivity contribution in [1.82, 2.24) is 5.32 Å². The van der Waals surface area contributed by atoms with Crippen molar-refractivity contribution in [3.8, 4) is 0 Å². The van der Waals surface area contributed by atoms with Crippen molar-refractivity contribution in [3.05, 3.63) is 6.54 Å². The van der Waals surface area contributed by atoms with Crippen molar-refractivity contribution in [3.63, 3.8) is 0 Å². The Balaban J connectivity index is 3.50. The van der Waals surface area contributed by atoms with Crippen molar-refractivity contribution >= 4 is 11.7 Å². The number of hydrogen-bond acceptors (Lipinski definition) is 2. The molecule has 3 nitrogen and oxygen atoms in total. The van der Waals surface area contributed by atoms with Crippen LogP contribution in [0.15, 0.2) is 0 Å². The molecule has 0 aliphatic heterocycles. The molecule has 0 aromatic heterocycles. The molecule has 1 radical (unpaired) electrons. The fraction of sp³-hybridized carbons (Fsp3) is 0.571. The third-order valence-corrected chi connectivity index (χ3v) is 0.987. The maximum Gasteiger partial charge on any atom is 0.217 e. The molecule has 0 rings (SSSR count). The molecule has 0 aromatic rings. The summed E-state index contributed by atoms with van der Waals surface area (Å²) in [5.41, 5.74) is 0. The van der Waals surface area contributed by atoms with Crippen LogP contribution in [-0.4, -0.2) is 11.7 Å². The number of rotatable bonds is 3. The van der Waals surface area contributed by atoms with Gasteiger partial charge in [0.15, 0.2) is 5.78 Å². The van der Waals surface area contributed by atoms with Crippen LogP contribution >= 0.6 is 0 Å². The predicted molar refractivity (Wildman–Crippen MR) is 38.0 cm³/mol. The van der Waals surface area contributed by atoms with Gasteiger partial charge in [0.05, 0.1) is 0 Å². The highest BCUT2D eigenvalue weighted by Gasteiger charge is 2.06. The van der Waals surface area contributed by atoms with Crippen LogP contribution in [0.2, 0.25) is 0 Å². The molecule has 0 unspecified atom stereocenters. The quantitative estimate of drug-likeness (QED) is 0.624. The Morgan fingerprint density at radius 2 is 1.90 bits per heavy atom. The number of carbonyl (C=O) groups is 2. The van der Waals surface area contributed by atoms with E-state index in [9.17, 15) is 9.59 Å². The second kappa shape index (κ2) is 4.04. The summed E-state index contributed by atoms with van der Waals surface area (Å²) in [5.74, 6) is -0.323. The highest BCUT2D eigenvalue weighted by Crippen LogP contribution is 1.94. The van der Waals surface area contributed by atoms with Gasteiger partial charge in [0.1, 0.15) is 6.54 Å². The molecule has 0 heterocycles. The number of nitrogens with one attached hydrogen (secondary N) is 1. The summed E-state index contributed by atoms with van der Waals surface area (Å²) in [4.78, 5) is 21.1. The Morgan fingerprint density at radius 3 is 2.20 bits per heavy atom. The maximum atomic E-state index is 10.8. The minimum absolute atomic E-state index is 0.0492. The van der Waals surface area contributed by atoms with Gasteiger partial charge in [0.25, 0.3) is 0 Å². The van der Waals surface area contributed by atoms with Gasteiger partial charge in [-0.3, -0.25) is 9.59 Å². The van der Waals surface area contributed by atoms with E-state index in [1.54, 1.807) is 13.8 Å². The standard InChI is InChI=1S/C7H12NO2/c1-5(2)7(10)4-8-6(3)9/h4-5H,1-3H3,(H,8,9). The molecule has 0 aliphatic rings. The van der Waals surface area contributed by atoms with Crippen LogP contribution in [0, 0.1) is 12.5 Å². The molecule has 1 N–H and O–H groups in total. The Morgan fingerprint density at radius 1 is 1.40 bits per heavy atom. The highest BCUT2D eigenvalue weighted by molar-refractivity contribution is 5.91. The second-order valence-electron chi connectivity index (χ2n) is 2.40. The second-order valence-corrected chi connectivity index (χ2v) is 2.40. The average Bonchev–Trinajstić information content (AvgIpc) is 1.82. The third-order valence-electron chi connectivity index (χ3n) is 0.987. The van der Waals surface area contributed by atoms with E-state index in [1.165, 1.54) is 13.5 Å². The smallest absolute Gasteiger partial charge is 0.217 e. The van der Waals surface area contributed by atoms with E-state index in [0.717, 1.165) is 0 Å². The van der Waals surface area contributed by atoms with Crippen molar-refractivity contribution < 1.29 is 9.59 Å². The molecule has 0 spiro atoms. The molecular weight excluding hydrogens is 130 g/mol. The van der Waals surface area contributed by atoms with Gasteiger partial charge in [-0.05, 0) is 0 Å². The SMILES string of the molecule is CC(=O)N[CH]C(=O)C(C)C. The molecule has 57 valence electrons. The summed E-state index contributed by atoms with van der Waals surface area (Å²) in [7, 11) is 0. The maximum absolute atomic E-state index is 10.8. The average molecular weight is 142 g/mol. The lowest BCUT2D eigenvalue weighted by Crippen LogP contribution is -2.24. The monoisotopic (exact) mass is 142 g/mol. The van der Waals surface area contributed by atoms with Crippen molar-refractivity contribution in [2.45, 2.75) is 20.8 Å². The predicted octanol–water partition coefficient (Wildman–Crippen LogP) is 0.509. The molecular formula is C7H12NO2. The first-order valence-electron chi connectivity index (χ1n) is 3.18. The summed E-state index contributed by atoms with van der Waals surface area (Å²) in [6.45, 7) is 6.12. The number of hydrogen-bond donors (Lipinski definition) is 1. The number of ketones is 1. The molecule has 0 aromatic carbocycles. The summed E-state index contributed by atoms with van der Waals surface area (Å²) in [5, 5.41) is 2.31. The van der Waals surface area contributed by atoms with Crippen LogP contribution in [0.3, 0.4) is 0 Å². The minimum atomic E-state index is -0.214. The molecule has 0 saturated heterocycles. The largest absolute Gasteiger partial charge is 0.344 e. The Kier molecular flexibility index (Phi) is 3.69. The van der Waals surface area contributed by atoms with Gasteiger partial charge in [0.2, 0.25) is 5.91 Å². The van der Waals surface area contributed by atoms with Gasteiger partial charge in [-0.15, -0.1) is 0 Å². The number of Topliss-reactive ketones (excluding diaryl/α,β-unsaturated/α-hetero) is 1. The van der Waals surface area contributed by atoms with Gasteiger partial charge in [-0.25, -0.2) is 0 Å². The Labute approximate surface area is 60.8 Å². The fourth-order valence-corrected chi connectivity index (χ4v) is 0.339. The van der Waals surface area contributed by atoms with E-state index in [0.29, 0.717) is 0 Å². The van der Waals surface area contributed by atoms with Crippen molar-refractivity contribution in [1.29, 1.82) is 0 Å². The zero-order valence-corrected chi connectivity index (χ0v) is 6.47. The van der Waals surface area contributed by atoms with Crippen LogP contribution in [-0.2, 0) is 9.59 Å². The first-order chi connectivity index (χ1) is 4.54. The summed E-state index contributed by atoms with van der Waals surface area (Å²) in [6.07, 6.45) is 0. The van der Waals surface area contributed by atoms with Gasteiger partial charge in [0, 0.05) is 12.8 Å². The molecule has 0 bridgehead atoms. The minimum Gasteiger partial charge on any atom is -0.344 e. The van der Waals surface area contributed by atoms with E-state index in [2.05, 4.69) is 5.32 Å². The molecule has 0 atom stereocenters. The van der Waals surface area contributed by atoms with Crippen LogP contribution in [0.25, 0.3) is 0 Å². The van der Waals surface area contributed by atoms with E-state index in [1.807, 2.05) is 0 Å². The first-order valence-corrected chi connectivity index (χ1v) is 3.18. The molecule has 10 heavy (non-hydrogen) atoms. The molecule has 1 amide bonds. The van der Waals surface area contributed by atoms with E-state index >= 15 is 0 Å². The van der Waals surface area contributed by atoms with Crippen LogP contribution in [0.4, 0.5) is 0 Å². The van der Waals surface area contributed by atoms with Gasteiger partial charge >= 0.3 is 0 Å². The summed E-state index contributed by atoms with van der Waals surface area (Å²) in [6, 6.07) is 0. The lowest BCUT2D eigenvalue weighted by atomic mass is 10.1. The summed E-state index contributed by atoms with van der Waals surface area (Å²) >= 11 is 0. The van der Waals surface area contributed by atoms with Crippen LogP contribution < -0.4 is 5.32 Å². The van der Waals surface area contributed by atoms with Crippen molar-refractivity contribution in [2.75, 3.05) is 0 Å². The van der Waals surface area contributed by atoms with E-state index in [4.69, 9.17) is 0 Å². The Bertz CT molecular complexity index is 141. The lowest BCUT2D eigenvalue weighted by molar-refractivity contribution is -0.123. The zero-order valence-electron chi connectivity index (χ0n) is 6.47. The van der Waals surface area contributed by atoms with Crippen LogP contribution in [0.5, 0.6) is 0 Å². The van der Waals surface area contributed by atoms with Crippen LogP contribution in [0.1, 0.15) is 20.8 Å². The normalized spacial score (nSPS) is 9.60. The molecule has 3 heteroatoms. The van der Waals surface area contributed by atoms with E-state index in [-0.39, 0.29) is 17.6 Å². The number of amides is 1. The topological polar surface area (TPSA) is 46.2 Å². The van der Waals surface area contributed by atoms with E-state index < -0.39 is 0 Å². The third kappa shape index (κ3) is 4.06. The molecule has 0 aliphatic carbocycles. The zero-order chi connectivity index (χ0) is 8.15. The Hall–Kier alpha value is -0.860. The first kappa shape index (κ1) is 9.14. The summed E-state index contributed by atoms with van der Waals surface area (Å²) < 4.78 is 0. The highest BCUT2D eigenvalue weighted by atomic mass is 16.2. The molecule has 0 saturated carbocycles. The van der Waals surface area contributed by atoms with Gasteiger partial charge in [-0.1, -0.05) is 13.8 Å². The lowest BCUT2D eigenvalue weighted by Gasteiger charge is -2.02.